The molecule has 1 aliphatic rings. The molecule has 162 valence electrons. The van der Waals surface area contributed by atoms with Crippen LogP contribution in [0.1, 0.15) is 68.7 Å². The zero-order chi connectivity index (χ0) is 21.7. The fourth-order valence-electron chi connectivity index (χ4n) is 3.76. The lowest BCUT2D eigenvalue weighted by molar-refractivity contribution is -0.121. The van der Waals surface area contributed by atoms with Gasteiger partial charge in [0.1, 0.15) is 0 Å². The zero-order valence-electron chi connectivity index (χ0n) is 18.1. The maximum absolute atomic E-state index is 12.7. The third-order valence-electron chi connectivity index (χ3n) is 5.72. The molecule has 2 aromatic rings. The van der Waals surface area contributed by atoms with Gasteiger partial charge in [-0.3, -0.25) is 4.79 Å². The summed E-state index contributed by atoms with van der Waals surface area (Å²) in [7, 11) is -3.44. The van der Waals surface area contributed by atoms with Crippen molar-refractivity contribution in [2.24, 2.45) is 0 Å². The van der Waals surface area contributed by atoms with Crippen LogP contribution in [0.5, 0.6) is 0 Å². The Bertz CT molecular complexity index is 945. The number of nitrogens with zero attached hydrogens (tertiary/aromatic N) is 1. The Morgan fingerprint density at radius 1 is 0.900 bits per heavy atom. The number of piperidine rings is 1. The lowest BCUT2D eigenvalue weighted by Crippen LogP contribution is -2.35. The lowest BCUT2D eigenvalue weighted by atomic mass is 9.99. The van der Waals surface area contributed by atoms with Crippen molar-refractivity contribution < 1.29 is 13.2 Å². The summed E-state index contributed by atoms with van der Waals surface area (Å²) < 4.78 is 27.0. The Hall–Kier alpha value is -2.18. The number of hydrogen-bond acceptors (Lipinski definition) is 3. The second-order valence-electron chi connectivity index (χ2n) is 8.40. The van der Waals surface area contributed by atoms with Gasteiger partial charge in [0, 0.05) is 13.1 Å². The summed E-state index contributed by atoms with van der Waals surface area (Å²) in [6.45, 7) is 7.45. The highest BCUT2D eigenvalue weighted by atomic mass is 32.2. The lowest BCUT2D eigenvalue weighted by Gasteiger charge is -2.25. The zero-order valence-corrected chi connectivity index (χ0v) is 18.9. The molecule has 0 aliphatic carbocycles. The molecule has 0 bridgehead atoms. The van der Waals surface area contributed by atoms with Crippen molar-refractivity contribution >= 4 is 15.9 Å². The van der Waals surface area contributed by atoms with E-state index in [0.717, 1.165) is 30.4 Å². The topological polar surface area (TPSA) is 66.5 Å². The number of sulfonamides is 1. The van der Waals surface area contributed by atoms with Crippen LogP contribution >= 0.6 is 0 Å². The van der Waals surface area contributed by atoms with E-state index >= 15 is 0 Å². The van der Waals surface area contributed by atoms with Gasteiger partial charge in [0.25, 0.3) is 0 Å². The first kappa shape index (κ1) is 22.5. The van der Waals surface area contributed by atoms with E-state index in [-0.39, 0.29) is 18.4 Å². The molecule has 0 radical (unpaired) electrons. The molecule has 1 aliphatic heterocycles. The van der Waals surface area contributed by atoms with Gasteiger partial charge in [-0.25, -0.2) is 8.42 Å². The Labute approximate surface area is 180 Å². The van der Waals surface area contributed by atoms with Crippen molar-refractivity contribution in [2.45, 2.75) is 63.3 Å². The monoisotopic (exact) mass is 428 g/mol. The van der Waals surface area contributed by atoms with Crippen LogP contribution in [-0.4, -0.2) is 31.7 Å². The van der Waals surface area contributed by atoms with Crippen LogP contribution in [0, 0.1) is 0 Å². The Morgan fingerprint density at radius 3 is 2.03 bits per heavy atom. The summed E-state index contributed by atoms with van der Waals surface area (Å²) in [6.07, 6.45) is 3.13. The van der Waals surface area contributed by atoms with Crippen LogP contribution in [0.25, 0.3) is 0 Å². The van der Waals surface area contributed by atoms with Crippen LogP contribution in [0.2, 0.25) is 0 Å². The average Bonchev–Trinajstić information content (AvgIpc) is 2.74. The molecule has 1 atom stereocenters. The first-order valence-electron chi connectivity index (χ1n) is 10.8. The molecule has 5 nitrogen and oxygen atoms in total. The molecular formula is C24H32N2O3S. The Balaban J connectivity index is 1.58. The molecule has 1 amide bonds. The summed E-state index contributed by atoms with van der Waals surface area (Å²) in [4.78, 5) is 12.8. The summed E-state index contributed by atoms with van der Waals surface area (Å²) in [5.41, 5.74) is 3.14. The SMILES string of the molecule is CC(C)c1ccc(C(C)NC(=O)Cc2ccc(S(=O)(=O)N3CCCCC3)cc2)cc1. The standard InChI is InChI=1S/C24H32N2O3S/c1-18(2)21-9-11-22(12-10-21)19(3)25-24(27)17-20-7-13-23(14-8-20)30(28,29)26-15-5-4-6-16-26/h7-14,18-19H,4-6,15-17H2,1-3H3,(H,25,27). The van der Waals surface area contributed by atoms with E-state index in [1.807, 2.05) is 6.92 Å². The van der Waals surface area contributed by atoms with Gasteiger partial charge in [0.15, 0.2) is 0 Å². The van der Waals surface area contributed by atoms with Crippen molar-refractivity contribution in [1.29, 1.82) is 0 Å². The molecule has 0 aromatic heterocycles. The van der Waals surface area contributed by atoms with E-state index in [1.165, 1.54) is 5.56 Å². The minimum absolute atomic E-state index is 0.0814. The minimum atomic E-state index is -3.44. The number of amides is 1. The Morgan fingerprint density at radius 2 is 1.47 bits per heavy atom. The highest BCUT2D eigenvalue weighted by Gasteiger charge is 2.25. The molecule has 2 aromatic carbocycles. The van der Waals surface area contributed by atoms with Gasteiger partial charge in [-0.2, -0.15) is 4.31 Å². The second-order valence-corrected chi connectivity index (χ2v) is 10.3. The molecule has 1 fully saturated rings. The summed E-state index contributed by atoms with van der Waals surface area (Å²) in [5, 5.41) is 3.02. The van der Waals surface area contributed by atoms with E-state index in [1.54, 1.807) is 28.6 Å². The predicted octanol–water partition coefficient (Wildman–Crippen LogP) is 4.40. The minimum Gasteiger partial charge on any atom is -0.349 e. The number of benzene rings is 2. The van der Waals surface area contributed by atoms with E-state index < -0.39 is 10.0 Å². The first-order chi connectivity index (χ1) is 14.3. The molecule has 1 saturated heterocycles. The van der Waals surface area contributed by atoms with Crippen LogP contribution in [-0.2, 0) is 21.2 Å². The Kier molecular flexibility index (Phi) is 7.32. The van der Waals surface area contributed by atoms with E-state index in [0.29, 0.717) is 23.9 Å². The summed E-state index contributed by atoms with van der Waals surface area (Å²) in [5.74, 6) is 0.396. The van der Waals surface area contributed by atoms with Crippen LogP contribution < -0.4 is 5.32 Å². The van der Waals surface area contributed by atoms with Crippen molar-refractivity contribution in [3.63, 3.8) is 0 Å². The number of nitrogens with one attached hydrogen (secondary N) is 1. The smallest absolute Gasteiger partial charge is 0.243 e. The maximum Gasteiger partial charge on any atom is 0.243 e. The second kappa shape index (κ2) is 9.75. The fourth-order valence-corrected chi connectivity index (χ4v) is 5.28. The molecule has 1 unspecified atom stereocenters. The molecule has 1 heterocycles. The van der Waals surface area contributed by atoms with Gasteiger partial charge in [0.05, 0.1) is 17.4 Å². The van der Waals surface area contributed by atoms with Gasteiger partial charge in [-0.05, 0) is 54.5 Å². The van der Waals surface area contributed by atoms with Gasteiger partial charge < -0.3 is 5.32 Å². The van der Waals surface area contributed by atoms with Crippen LogP contribution in [0.4, 0.5) is 0 Å². The molecule has 30 heavy (non-hydrogen) atoms. The maximum atomic E-state index is 12.7. The van der Waals surface area contributed by atoms with E-state index in [9.17, 15) is 13.2 Å². The third-order valence-corrected chi connectivity index (χ3v) is 7.63. The normalized spacial score (nSPS) is 16.4. The fraction of sp³-hybridized carbons (Fsp3) is 0.458. The molecule has 3 rings (SSSR count). The summed E-state index contributed by atoms with van der Waals surface area (Å²) in [6, 6.07) is 14.9. The van der Waals surface area contributed by atoms with E-state index in [4.69, 9.17) is 0 Å². The van der Waals surface area contributed by atoms with Crippen LogP contribution in [0.15, 0.2) is 53.4 Å². The third kappa shape index (κ3) is 5.49. The largest absolute Gasteiger partial charge is 0.349 e. The van der Waals surface area contributed by atoms with Gasteiger partial charge in [0.2, 0.25) is 15.9 Å². The van der Waals surface area contributed by atoms with Crippen molar-refractivity contribution in [3.8, 4) is 0 Å². The quantitative estimate of drug-likeness (QED) is 0.711. The van der Waals surface area contributed by atoms with E-state index in [2.05, 4.69) is 43.4 Å². The highest BCUT2D eigenvalue weighted by molar-refractivity contribution is 7.89. The van der Waals surface area contributed by atoms with Crippen molar-refractivity contribution in [3.05, 3.63) is 65.2 Å². The van der Waals surface area contributed by atoms with Gasteiger partial charge in [-0.15, -0.1) is 0 Å². The molecule has 0 spiro atoms. The number of hydrogen-bond donors (Lipinski definition) is 1. The van der Waals surface area contributed by atoms with Gasteiger partial charge >= 0.3 is 0 Å². The molecule has 6 heteroatoms. The number of carbonyl (C=O) groups excluding carboxylic acids is 1. The predicted molar refractivity (Wildman–Crippen MR) is 120 cm³/mol. The first-order valence-corrected chi connectivity index (χ1v) is 12.2. The molecule has 0 saturated carbocycles. The number of rotatable bonds is 7. The van der Waals surface area contributed by atoms with Crippen LogP contribution in [0.3, 0.4) is 0 Å². The average molecular weight is 429 g/mol. The number of carbonyl (C=O) groups is 1. The van der Waals surface area contributed by atoms with Crippen molar-refractivity contribution in [2.75, 3.05) is 13.1 Å². The molecular weight excluding hydrogens is 396 g/mol. The van der Waals surface area contributed by atoms with Crippen molar-refractivity contribution in [1.82, 2.24) is 9.62 Å². The summed E-state index contributed by atoms with van der Waals surface area (Å²) >= 11 is 0. The van der Waals surface area contributed by atoms with Gasteiger partial charge in [-0.1, -0.05) is 56.7 Å². The highest BCUT2D eigenvalue weighted by Crippen LogP contribution is 2.21. The molecule has 1 N–H and O–H groups in total.